The number of aromatic nitrogens is 1. The summed E-state index contributed by atoms with van der Waals surface area (Å²) in [4.78, 5) is 18.8. The normalized spacial score (nSPS) is 16.1. The van der Waals surface area contributed by atoms with Gasteiger partial charge in [-0.25, -0.2) is 4.98 Å². The van der Waals surface area contributed by atoms with Crippen LogP contribution in [0.1, 0.15) is 23.3 Å². The molecular formula is C21H17ClN2O3S. The summed E-state index contributed by atoms with van der Waals surface area (Å²) < 4.78 is 10.8. The highest BCUT2D eigenvalue weighted by Gasteiger charge is 2.52. The minimum Gasteiger partial charge on any atom is -0.454 e. The Morgan fingerprint density at radius 1 is 1.14 bits per heavy atom. The van der Waals surface area contributed by atoms with E-state index in [4.69, 9.17) is 21.1 Å². The van der Waals surface area contributed by atoms with E-state index >= 15 is 0 Å². The topological polar surface area (TPSA) is 60.5 Å². The molecule has 7 heteroatoms. The van der Waals surface area contributed by atoms with E-state index in [2.05, 4.69) is 10.3 Å². The van der Waals surface area contributed by atoms with Crippen molar-refractivity contribution in [2.24, 2.45) is 0 Å². The Kier molecular flexibility index (Phi) is 4.07. The SMILES string of the molecule is Cc1sc(NC(=O)C2(c3ccc4c(c3)OCO4)CC2)nc1-c1ccc(Cl)cc1. The number of fused-ring (bicyclic) bond motifs is 1. The number of rotatable bonds is 4. The van der Waals surface area contributed by atoms with Gasteiger partial charge >= 0.3 is 0 Å². The molecule has 1 saturated carbocycles. The number of anilines is 1. The highest BCUT2D eigenvalue weighted by molar-refractivity contribution is 7.16. The Balaban J connectivity index is 1.38. The van der Waals surface area contributed by atoms with Crippen molar-refractivity contribution in [2.45, 2.75) is 25.2 Å². The zero-order chi connectivity index (χ0) is 19.3. The highest BCUT2D eigenvalue weighted by atomic mass is 35.5. The van der Waals surface area contributed by atoms with E-state index in [1.165, 1.54) is 11.3 Å². The average Bonchev–Trinajstić information content (AvgIpc) is 3.24. The number of hydrogen-bond donors (Lipinski definition) is 1. The van der Waals surface area contributed by atoms with Crippen LogP contribution in [0.4, 0.5) is 5.13 Å². The number of carbonyl (C=O) groups is 1. The lowest BCUT2D eigenvalue weighted by Crippen LogP contribution is -2.27. The first kappa shape index (κ1) is 17.5. The van der Waals surface area contributed by atoms with Crippen LogP contribution in [0.3, 0.4) is 0 Å². The fourth-order valence-corrected chi connectivity index (χ4v) is 4.47. The van der Waals surface area contributed by atoms with E-state index < -0.39 is 5.41 Å². The molecule has 28 heavy (non-hydrogen) atoms. The van der Waals surface area contributed by atoms with Gasteiger partial charge in [-0.15, -0.1) is 11.3 Å². The Labute approximate surface area is 171 Å². The van der Waals surface area contributed by atoms with Crippen LogP contribution in [0.2, 0.25) is 5.02 Å². The fraction of sp³-hybridized carbons (Fsp3) is 0.238. The molecule has 0 saturated heterocycles. The third-order valence-corrected chi connectivity index (χ3v) is 6.38. The van der Waals surface area contributed by atoms with E-state index in [-0.39, 0.29) is 12.7 Å². The number of nitrogens with zero attached hydrogens (tertiary/aromatic N) is 1. The van der Waals surface area contributed by atoms with Gasteiger partial charge in [-0.1, -0.05) is 29.8 Å². The van der Waals surface area contributed by atoms with Gasteiger partial charge in [-0.2, -0.15) is 0 Å². The third kappa shape index (κ3) is 2.93. The van der Waals surface area contributed by atoms with Crippen LogP contribution in [0.15, 0.2) is 42.5 Å². The average molecular weight is 413 g/mol. The molecule has 0 atom stereocenters. The van der Waals surface area contributed by atoms with Crippen molar-refractivity contribution < 1.29 is 14.3 Å². The Morgan fingerprint density at radius 2 is 1.89 bits per heavy atom. The predicted octanol–water partition coefficient (Wildman–Crippen LogP) is 5.17. The molecule has 3 aromatic rings. The lowest BCUT2D eigenvalue weighted by molar-refractivity contribution is -0.118. The van der Waals surface area contributed by atoms with E-state index in [1.54, 1.807) is 0 Å². The summed E-state index contributed by atoms with van der Waals surface area (Å²) in [6.45, 7) is 2.23. The van der Waals surface area contributed by atoms with Gasteiger partial charge in [0, 0.05) is 15.5 Å². The van der Waals surface area contributed by atoms with E-state index in [0.717, 1.165) is 40.3 Å². The quantitative estimate of drug-likeness (QED) is 0.642. The van der Waals surface area contributed by atoms with E-state index in [0.29, 0.717) is 15.9 Å². The predicted molar refractivity (Wildman–Crippen MR) is 109 cm³/mol. The molecule has 0 radical (unpaired) electrons. The van der Waals surface area contributed by atoms with Crippen LogP contribution in [-0.4, -0.2) is 17.7 Å². The largest absolute Gasteiger partial charge is 0.454 e. The minimum absolute atomic E-state index is 0.0252. The molecule has 2 aromatic carbocycles. The molecule has 1 aromatic heterocycles. The summed E-state index contributed by atoms with van der Waals surface area (Å²) >= 11 is 7.45. The van der Waals surface area contributed by atoms with Crippen molar-refractivity contribution >= 4 is 34.0 Å². The number of benzene rings is 2. The molecule has 5 nitrogen and oxygen atoms in total. The number of hydrogen-bond acceptors (Lipinski definition) is 5. The molecule has 0 unspecified atom stereocenters. The van der Waals surface area contributed by atoms with Gasteiger partial charge in [0.05, 0.1) is 11.1 Å². The van der Waals surface area contributed by atoms with Crippen LogP contribution in [0.5, 0.6) is 11.5 Å². The summed E-state index contributed by atoms with van der Waals surface area (Å²) in [5.74, 6) is 1.40. The number of ether oxygens (including phenoxy) is 2. The lowest BCUT2D eigenvalue weighted by atomic mass is 9.94. The molecule has 1 N–H and O–H groups in total. The first-order valence-electron chi connectivity index (χ1n) is 9.00. The Bertz CT molecular complexity index is 1070. The first-order chi connectivity index (χ1) is 13.5. The molecule has 0 spiro atoms. The van der Waals surface area contributed by atoms with Crippen molar-refractivity contribution in [1.29, 1.82) is 0 Å². The zero-order valence-corrected chi connectivity index (χ0v) is 16.7. The maximum atomic E-state index is 13.1. The summed E-state index contributed by atoms with van der Waals surface area (Å²) in [5, 5.41) is 4.32. The fourth-order valence-electron chi connectivity index (χ4n) is 3.51. The number of nitrogens with one attached hydrogen (secondary N) is 1. The number of thiazole rings is 1. The van der Waals surface area contributed by atoms with Crippen molar-refractivity contribution in [3.8, 4) is 22.8 Å². The first-order valence-corrected chi connectivity index (χ1v) is 10.2. The summed E-state index contributed by atoms with van der Waals surface area (Å²) in [5.41, 5.74) is 2.29. The molecule has 1 aliphatic carbocycles. The smallest absolute Gasteiger partial charge is 0.236 e. The molecule has 0 bridgehead atoms. The van der Waals surface area contributed by atoms with Crippen LogP contribution < -0.4 is 14.8 Å². The van der Waals surface area contributed by atoms with E-state index in [9.17, 15) is 4.79 Å². The number of halogens is 1. The second-order valence-electron chi connectivity index (χ2n) is 7.03. The molecule has 142 valence electrons. The van der Waals surface area contributed by atoms with Gasteiger partial charge in [-0.3, -0.25) is 4.79 Å². The van der Waals surface area contributed by atoms with Crippen LogP contribution >= 0.6 is 22.9 Å². The Morgan fingerprint density at radius 3 is 2.64 bits per heavy atom. The minimum atomic E-state index is -0.513. The second kappa shape index (κ2) is 6.50. The van der Waals surface area contributed by atoms with Gasteiger partial charge in [0.25, 0.3) is 0 Å². The molecular weight excluding hydrogens is 396 g/mol. The van der Waals surface area contributed by atoms with Gasteiger partial charge in [0.1, 0.15) is 0 Å². The van der Waals surface area contributed by atoms with Crippen LogP contribution in [-0.2, 0) is 10.2 Å². The number of amides is 1. The molecule has 1 aliphatic heterocycles. The summed E-state index contributed by atoms with van der Waals surface area (Å²) in [7, 11) is 0. The van der Waals surface area contributed by atoms with Gasteiger partial charge in [-0.05, 0) is 49.6 Å². The number of carbonyl (C=O) groups excluding carboxylic acids is 1. The molecule has 2 heterocycles. The van der Waals surface area contributed by atoms with Crippen molar-refractivity contribution in [1.82, 2.24) is 4.98 Å². The second-order valence-corrected chi connectivity index (χ2v) is 8.67. The summed E-state index contributed by atoms with van der Waals surface area (Å²) in [6, 6.07) is 13.3. The zero-order valence-electron chi connectivity index (χ0n) is 15.1. The third-order valence-electron chi connectivity index (χ3n) is 5.24. The number of aryl methyl sites for hydroxylation is 1. The van der Waals surface area contributed by atoms with Crippen molar-refractivity contribution in [2.75, 3.05) is 12.1 Å². The van der Waals surface area contributed by atoms with Gasteiger partial charge in [0.2, 0.25) is 12.7 Å². The monoisotopic (exact) mass is 412 g/mol. The van der Waals surface area contributed by atoms with Crippen LogP contribution in [0.25, 0.3) is 11.3 Å². The Hall–Kier alpha value is -2.57. The van der Waals surface area contributed by atoms with Gasteiger partial charge < -0.3 is 14.8 Å². The van der Waals surface area contributed by atoms with Crippen LogP contribution in [0, 0.1) is 6.92 Å². The molecule has 5 rings (SSSR count). The molecule has 2 aliphatic rings. The van der Waals surface area contributed by atoms with Crippen molar-refractivity contribution in [3.63, 3.8) is 0 Å². The standard InChI is InChI=1S/C21H17ClN2O3S/c1-12-18(13-2-5-15(22)6-3-13)23-20(28-12)24-19(25)21(8-9-21)14-4-7-16-17(10-14)27-11-26-16/h2-7,10H,8-9,11H2,1H3,(H,23,24,25). The van der Waals surface area contributed by atoms with Crippen molar-refractivity contribution in [3.05, 3.63) is 57.9 Å². The highest BCUT2D eigenvalue weighted by Crippen LogP contribution is 2.51. The van der Waals surface area contributed by atoms with Gasteiger partial charge in [0.15, 0.2) is 16.6 Å². The molecule has 1 fully saturated rings. The maximum Gasteiger partial charge on any atom is 0.236 e. The maximum absolute atomic E-state index is 13.1. The van der Waals surface area contributed by atoms with E-state index in [1.807, 2.05) is 49.4 Å². The molecule has 1 amide bonds. The lowest BCUT2D eigenvalue weighted by Gasteiger charge is -2.15. The summed E-state index contributed by atoms with van der Waals surface area (Å²) in [6.07, 6.45) is 1.62.